The van der Waals surface area contributed by atoms with Crippen LogP contribution in [-0.2, 0) is 4.79 Å². The van der Waals surface area contributed by atoms with Crippen LogP contribution >= 0.6 is 0 Å². The zero-order valence-corrected chi connectivity index (χ0v) is 11.7. The van der Waals surface area contributed by atoms with Gasteiger partial charge in [0.2, 0.25) is 0 Å². The predicted octanol–water partition coefficient (Wildman–Crippen LogP) is 1.57. The molecular formula is C14H20N2O4. The summed E-state index contributed by atoms with van der Waals surface area (Å²) in [5, 5.41) is 11.6. The highest BCUT2D eigenvalue weighted by atomic mass is 16.5. The maximum atomic E-state index is 11.8. The highest BCUT2D eigenvalue weighted by molar-refractivity contribution is 5.82. The number of rotatable bonds is 7. The van der Waals surface area contributed by atoms with Crippen molar-refractivity contribution >= 4 is 12.0 Å². The predicted molar refractivity (Wildman–Crippen MR) is 74.8 cm³/mol. The van der Waals surface area contributed by atoms with Crippen molar-refractivity contribution in [2.75, 3.05) is 20.2 Å². The van der Waals surface area contributed by atoms with Crippen molar-refractivity contribution < 1.29 is 19.4 Å². The molecule has 20 heavy (non-hydrogen) atoms. The van der Waals surface area contributed by atoms with Crippen LogP contribution in [0.2, 0.25) is 0 Å². The van der Waals surface area contributed by atoms with Gasteiger partial charge in [-0.05, 0) is 18.6 Å². The van der Waals surface area contributed by atoms with Crippen molar-refractivity contribution in [3.63, 3.8) is 0 Å². The SMILES string of the molecule is CCC(C(=O)O)N(C)C(=O)NCCOc1ccccc1. The van der Waals surface area contributed by atoms with Gasteiger partial charge < -0.3 is 20.1 Å². The van der Waals surface area contributed by atoms with E-state index in [1.54, 1.807) is 6.92 Å². The average Bonchev–Trinajstić information content (AvgIpc) is 2.44. The number of para-hydroxylation sites is 1. The lowest BCUT2D eigenvalue weighted by Gasteiger charge is -2.23. The number of nitrogens with one attached hydrogen (secondary N) is 1. The van der Waals surface area contributed by atoms with Gasteiger partial charge in [0, 0.05) is 7.05 Å². The Hall–Kier alpha value is -2.24. The third-order valence-corrected chi connectivity index (χ3v) is 2.85. The minimum absolute atomic E-state index is 0.314. The van der Waals surface area contributed by atoms with Crippen LogP contribution in [-0.4, -0.2) is 48.2 Å². The molecule has 0 spiro atoms. The molecule has 2 amide bonds. The Bertz CT molecular complexity index is 436. The number of aliphatic carboxylic acids is 1. The van der Waals surface area contributed by atoms with E-state index >= 15 is 0 Å². The Morgan fingerprint density at radius 2 is 2.00 bits per heavy atom. The van der Waals surface area contributed by atoms with Gasteiger partial charge in [-0.1, -0.05) is 25.1 Å². The molecule has 6 nitrogen and oxygen atoms in total. The van der Waals surface area contributed by atoms with E-state index in [0.29, 0.717) is 19.6 Å². The second kappa shape index (κ2) is 8.04. The molecule has 1 aromatic carbocycles. The molecule has 0 heterocycles. The molecule has 1 unspecified atom stereocenters. The Kier molecular flexibility index (Phi) is 6.36. The largest absolute Gasteiger partial charge is 0.492 e. The number of ether oxygens (including phenoxy) is 1. The lowest BCUT2D eigenvalue weighted by Crippen LogP contribution is -2.47. The van der Waals surface area contributed by atoms with E-state index in [1.807, 2.05) is 30.3 Å². The van der Waals surface area contributed by atoms with Crippen LogP contribution in [0.5, 0.6) is 5.75 Å². The van der Waals surface area contributed by atoms with Gasteiger partial charge in [0.15, 0.2) is 0 Å². The minimum Gasteiger partial charge on any atom is -0.492 e. The first kappa shape index (κ1) is 15.8. The smallest absolute Gasteiger partial charge is 0.326 e. The molecule has 0 aromatic heterocycles. The molecule has 0 radical (unpaired) electrons. The van der Waals surface area contributed by atoms with Gasteiger partial charge in [0.25, 0.3) is 0 Å². The number of hydrogen-bond donors (Lipinski definition) is 2. The van der Waals surface area contributed by atoms with Crippen molar-refractivity contribution in [3.8, 4) is 5.75 Å². The molecule has 0 aliphatic heterocycles. The van der Waals surface area contributed by atoms with E-state index in [0.717, 1.165) is 5.75 Å². The van der Waals surface area contributed by atoms with Crippen LogP contribution in [0, 0.1) is 0 Å². The van der Waals surface area contributed by atoms with E-state index in [1.165, 1.54) is 11.9 Å². The molecule has 0 saturated carbocycles. The molecule has 0 aliphatic carbocycles. The molecule has 1 atom stereocenters. The average molecular weight is 280 g/mol. The Labute approximate surface area is 118 Å². The first-order valence-electron chi connectivity index (χ1n) is 6.47. The standard InChI is InChI=1S/C14H20N2O4/c1-3-12(13(17)18)16(2)14(19)15-9-10-20-11-7-5-4-6-8-11/h4-8,12H,3,9-10H2,1-2H3,(H,15,19)(H,17,18). The summed E-state index contributed by atoms with van der Waals surface area (Å²) >= 11 is 0. The van der Waals surface area contributed by atoms with Gasteiger partial charge >= 0.3 is 12.0 Å². The number of amides is 2. The fourth-order valence-electron chi connectivity index (χ4n) is 1.72. The van der Waals surface area contributed by atoms with E-state index in [9.17, 15) is 9.59 Å². The van der Waals surface area contributed by atoms with E-state index in [2.05, 4.69) is 5.32 Å². The van der Waals surface area contributed by atoms with Crippen LogP contribution in [0.1, 0.15) is 13.3 Å². The zero-order chi connectivity index (χ0) is 15.0. The summed E-state index contributed by atoms with van der Waals surface area (Å²) in [7, 11) is 1.47. The van der Waals surface area contributed by atoms with Gasteiger partial charge in [-0.15, -0.1) is 0 Å². The number of carboxylic acid groups (broad SMARTS) is 1. The second-order valence-corrected chi connectivity index (χ2v) is 4.27. The summed E-state index contributed by atoms with van der Waals surface area (Å²) in [6.45, 7) is 2.36. The van der Waals surface area contributed by atoms with Crippen LogP contribution in [0.3, 0.4) is 0 Å². The quantitative estimate of drug-likeness (QED) is 0.743. The van der Waals surface area contributed by atoms with Crippen LogP contribution in [0.4, 0.5) is 4.79 Å². The normalized spacial score (nSPS) is 11.5. The monoisotopic (exact) mass is 280 g/mol. The summed E-state index contributed by atoms with van der Waals surface area (Å²) in [4.78, 5) is 23.9. The number of benzene rings is 1. The van der Waals surface area contributed by atoms with E-state index in [4.69, 9.17) is 9.84 Å². The number of carbonyl (C=O) groups is 2. The summed E-state index contributed by atoms with van der Waals surface area (Å²) < 4.78 is 5.42. The summed E-state index contributed by atoms with van der Waals surface area (Å²) in [6.07, 6.45) is 0.361. The highest BCUT2D eigenvalue weighted by Gasteiger charge is 2.24. The molecule has 0 aliphatic rings. The third-order valence-electron chi connectivity index (χ3n) is 2.85. The maximum Gasteiger partial charge on any atom is 0.326 e. The van der Waals surface area contributed by atoms with Gasteiger partial charge in [0.1, 0.15) is 18.4 Å². The molecule has 0 saturated heterocycles. The van der Waals surface area contributed by atoms with Gasteiger partial charge in [-0.3, -0.25) is 0 Å². The van der Waals surface area contributed by atoms with Crippen molar-refractivity contribution in [3.05, 3.63) is 30.3 Å². The number of carbonyl (C=O) groups excluding carboxylic acids is 1. The topological polar surface area (TPSA) is 78.9 Å². The fourth-order valence-corrected chi connectivity index (χ4v) is 1.72. The molecule has 110 valence electrons. The van der Waals surface area contributed by atoms with Gasteiger partial charge in [-0.2, -0.15) is 0 Å². The molecule has 1 rings (SSSR count). The fraction of sp³-hybridized carbons (Fsp3) is 0.429. The number of urea groups is 1. The third kappa shape index (κ3) is 4.79. The van der Waals surface area contributed by atoms with Crippen molar-refractivity contribution in [2.45, 2.75) is 19.4 Å². The lowest BCUT2D eigenvalue weighted by atomic mass is 10.2. The molecule has 2 N–H and O–H groups in total. The number of hydrogen-bond acceptors (Lipinski definition) is 3. The summed E-state index contributed by atoms with van der Waals surface area (Å²) in [6, 6.07) is 8.03. The van der Waals surface area contributed by atoms with Crippen LogP contribution in [0.25, 0.3) is 0 Å². The Morgan fingerprint density at radius 1 is 1.35 bits per heavy atom. The minimum atomic E-state index is -1.01. The van der Waals surface area contributed by atoms with Crippen molar-refractivity contribution in [1.82, 2.24) is 10.2 Å². The summed E-state index contributed by atoms with van der Waals surface area (Å²) in [5.74, 6) is -0.280. The lowest BCUT2D eigenvalue weighted by molar-refractivity contribution is -0.141. The number of nitrogens with zero attached hydrogens (tertiary/aromatic N) is 1. The molecule has 6 heteroatoms. The summed E-state index contributed by atoms with van der Waals surface area (Å²) in [5.41, 5.74) is 0. The van der Waals surface area contributed by atoms with Crippen LogP contribution in [0.15, 0.2) is 30.3 Å². The number of likely N-dealkylation sites (N-methyl/N-ethyl adjacent to an activating group) is 1. The maximum absolute atomic E-state index is 11.8. The second-order valence-electron chi connectivity index (χ2n) is 4.27. The van der Waals surface area contributed by atoms with E-state index < -0.39 is 18.0 Å². The first-order valence-corrected chi connectivity index (χ1v) is 6.47. The zero-order valence-electron chi connectivity index (χ0n) is 11.7. The van der Waals surface area contributed by atoms with Crippen LogP contribution < -0.4 is 10.1 Å². The van der Waals surface area contributed by atoms with Crippen molar-refractivity contribution in [2.24, 2.45) is 0 Å². The molecule has 1 aromatic rings. The first-order chi connectivity index (χ1) is 9.56. The molecule has 0 bridgehead atoms. The number of carboxylic acids is 1. The molecule has 0 fully saturated rings. The van der Waals surface area contributed by atoms with Gasteiger partial charge in [0.05, 0.1) is 6.54 Å². The van der Waals surface area contributed by atoms with E-state index in [-0.39, 0.29) is 0 Å². The van der Waals surface area contributed by atoms with Gasteiger partial charge in [-0.25, -0.2) is 9.59 Å². The highest BCUT2D eigenvalue weighted by Crippen LogP contribution is 2.07. The Balaban J connectivity index is 2.31. The Morgan fingerprint density at radius 3 is 2.55 bits per heavy atom. The van der Waals surface area contributed by atoms with Crippen molar-refractivity contribution in [1.29, 1.82) is 0 Å². The molecular weight excluding hydrogens is 260 g/mol.